The maximum absolute atomic E-state index is 11.5. The van der Waals surface area contributed by atoms with Gasteiger partial charge in [-0.25, -0.2) is 14.3 Å². The fourth-order valence-electron chi connectivity index (χ4n) is 1.58. The van der Waals surface area contributed by atoms with E-state index in [1.165, 1.54) is 10.9 Å². The molecule has 3 N–H and O–H groups in total. The summed E-state index contributed by atoms with van der Waals surface area (Å²) >= 11 is 0. The fraction of sp³-hybridized carbons (Fsp3) is 0.364. The molecule has 0 radical (unpaired) electrons. The maximum Gasteiger partial charge on any atom is 0.358 e. The number of carbonyl (C=O) groups is 2. The Labute approximate surface area is 119 Å². The predicted octanol–water partition coefficient (Wildman–Crippen LogP) is -0.791. The average molecular weight is 293 g/mol. The number of aryl methyl sites for hydroxylation is 1. The molecule has 0 fully saturated rings. The summed E-state index contributed by atoms with van der Waals surface area (Å²) in [5.74, 6) is -1.14. The van der Waals surface area contributed by atoms with Gasteiger partial charge in [0, 0.05) is 19.8 Å². The zero-order valence-corrected chi connectivity index (χ0v) is 11.4. The number of amides is 2. The van der Waals surface area contributed by atoms with Gasteiger partial charge in [-0.2, -0.15) is 5.10 Å². The van der Waals surface area contributed by atoms with E-state index in [1.54, 1.807) is 17.9 Å². The molecule has 0 aromatic carbocycles. The molecular formula is C11H15N7O3. The SMILES string of the molecule is Cn1ccc(CNC(=O)NCCn2cc(C(=O)O)nn2)n1. The minimum atomic E-state index is -1.14. The normalized spacial score (nSPS) is 10.3. The fourth-order valence-corrected chi connectivity index (χ4v) is 1.58. The lowest BCUT2D eigenvalue weighted by molar-refractivity contribution is 0.0690. The van der Waals surface area contributed by atoms with Gasteiger partial charge < -0.3 is 15.7 Å². The van der Waals surface area contributed by atoms with Gasteiger partial charge in [-0.3, -0.25) is 4.68 Å². The van der Waals surface area contributed by atoms with E-state index in [-0.39, 0.29) is 11.7 Å². The van der Waals surface area contributed by atoms with Gasteiger partial charge in [0.25, 0.3) is 0 Å². The first kappa shape index (κ1) is 14.5. The Morgan fingerprint density at radius 2 is 2.19 bits per heavy atom. The molecule has 2 rings (SSSR count). The van der Waals surface area contributed by atoms with Crippen LogP contribution in [0.15, 0.2) is 18.5 Å². The molecule has 21 heavy (non-hydrogen) atoms. The molecule has 112 valence electrons. The van der Waals surface area contributed by atoms with Crippen LogP contribution in [-0.2, 0) is 20.1 Å². The Morgan fingerprint density at radius 3 is 2.81 bits per heavy atom. The van der Waals surface area contributed by atoms with Crippen molar-refractivity contribution in [2.24, 2.45) is 7.05 Å². The van der Waals surface area contributed by atoms with E-state index in [1.807, 2.05) is 6.07 Å². The maximum atomic E-state index is 11.5. The van der Waals surface area contributed by atoms with E-state index < -0.39 is 5.97 Å². The monoisotopic (exact) mass is 293 g/mol. The zero-order chi connectivity index (χ0) is 15.2. The minimum Gasteiger partial charge on any atom is -0.476 e. The van der Waals surface area contributed by atoms with Crippen molar-refractivity contribution in [1.29, 1.82) is 0 Å². The topological polar surface area (TPSA) is 127 Å². The highest BCUT2D eigenvalue weighted by molar-refractivity contribution is 5.84. The van der Waals surface area contributed by atoms with Crippen molar-refractivity contribution < 1.29 is 14.7 Å². The highest BCUT2D eigenvalue weighted by Crippen LogP contribution is 1.93. The molecule has 0 atom stereocenters. The summed E-state index contributed by atoms with van der Waals surface area (Å²) in [4.78, 5) is 22.1. The Morgan fingerprint density at radius 1 is 1.38 bits per heavy atom. The molecule has 2 aromatic heterocycles. The van der Waals surface area contributed by atoms with E-state index in [0.29, 0.717) is 19.6 Å². The van der Waals surface area contributed by atoms with Gasteiger partial charge in [0.1, 0.15) is 0 Å². The van der Waals surface area contributed by atoms with E-state index >= 15 is 0 Å². The number of aromatic carboxylic acids is 1. The van der Waals surface area contributed by atoms with Crippen LogP contribution in [-0.4, -0.2) is 48.4 Å². The molecule has 2 heterocycles. The van der Waals surface area contributed by atoms with Crippen molar-refractivity contribution in [3.63, 3.8) is 0 Å². The number of carboxylic acid groups (broad SMARTS) is 1. The van der Waals surface area contributed by atoms with E-state index in [0.717, 1.165) is 5.69 Å². The molecule has 0 saturated carbocycles. The molecule has 0 aliphatic rings. The number of aromatic nitrogens is 5. The number of nitrogens with zero attached hydrogens (tertiary/aromatic N) is 5. The predicted molar refractivity (Wildman–Crippen MR) is 70.4 cm³/mol. The van der Waals surface area contributed by atoms with Gasteiger partial charge in [-0.05, 0) is 6.07 Å². The van der Waals surface area contributed by atoms with Crippen molar-refractivity contribution in [2.45, 2.75) is 13.1 Å². The molecule has 0 unspecified atom stereocenters. The molecular weight excluding hydrogens is 278 g/mol. The van der Waals surface area contributed by atoms with Gasteiger partial charge in [0.2, 0.25) is 0 Å². The number of hydrogen-bond donors (Lipinski definition) is 3. The second-order valence-corrected chi connectivity index (χ2v) is 4.26. The summed E-state index contributed by atoms with van der Waals surface area (Å²) in [5.41, 5.74) is 0.629. The standard InChI is InChI=1S/C11H15N7O3/c1-17-4-2-8(15-17)6-13-11(21)12-3-5-18-7-9(10(19)20)14-16-18/h2,4,7H,3,5-6H2,1H3,(H,19,20)(H2,12,13,21). The Kier molecular flexibility index (Phi) is 4.49. The zero-order valence-electron chi connectivity index (χ0n) is 11.4. The second kappa shape index (κ2) is 6.50. The third-order valence-corrected chi connectivity index (χ3v) is 2.58. The van der Waals surface area contributed by atoms with Crippen LogP contribution in [0, 0.1) is 0 Å². The van der Waals surface area contributed by atoms with Crippen LogP contribution < -0.4 is 10.6 Å². The van der Waals surface area contributed by atoms with Crippen molar-refractivity contribution in [1.82, 2.24) is 35.4 Å². The summed E-state index contributed by atoms with van der Waals surface area (Å²) in [6.07, 6.45) is 3.09. The molecule has 0 spiro atoms. The first-order valence-electron chi connectivity index (χ1n) is 6.18. The third-order valence-electron chi connectivity index (χ3n) is 2.58. The lowest BCUT2D eigenvalue weighted by atomic mass is 10.4. The summed E-state index contributed by atoms with van der Waals surface area (Å²) in [6, 6.07) is 1.47. The van der Waals surface area contributed by atoms with E-state index in [4.69, 9.17) is 5.11 Å². The minimum absolute atomic E-state index is 0.130. The molecule has 10 heteroatoms. The summed E-state index contributed by atoms with van der Waals surface area (Å²) in [7, 11) is 1.80. The first-order chi connectivity index (χ1) is 10.0. The van der Waals surface area contributed by atoms with Gasteiger partial charge in [-0.1, -0.05) is 5.21 Å². The van der Waals surface area contributed by atoms with Gasteiger partial charge >= 0.3 is 12.0 Å². The van der Waals surface area contributed by atoms with Crippen LogP contribution in [0.25, 0.3) is 0 Å². The summed E-state index contributed by atoms with van der Waals surface area (Å²) < 4.78 is 3.00. The average Bonchev–Trinajstić information content (AvgIpc) is 3.05. The van der Waals surface area contributed by atoms with Crippen LogP contribution in [0.4, 0.5) is 4.79 Å². The number of hydrogen-bond acceptors (Lipinski definition) is 5. The second-order valence-electron chi connectivity index (χ2n) is 4.26. The molecule has 0 saturated heterocycles. The van der Waals surface area contributed by atoms with Gasteiger partial charge in [-0.15, -0.1) is 5.10 Å². The molecule has 0 aliphatic heterocycles. The summed E-state index contributed by atoms with van der Waals surface area (Å²) in [5, 5.41) is 25.2. The molecule has 2 aromatic rings. The number of carbonyl (C=O) groups excluding carboxylic acids is 1. The van der Waals surface area contributed by atoms with Gasteiger partial charge in [0.15, 0.2) is 5.69 Å². The van der Waals surface area contributed by atoms with Crippen LogP contribution in [0.3, 0.4) is 0 Å². The van der Waals surface area contributed by atoms with E-state index in [9.17, 15) is 9.59 Å². The Bertz CT molecular complexity index is 633. The van der Waals surface area contributed by atoms with Crippen molar-refractivity contribution in [3.05, 3.63) is 29.8 Å². The van der Waals surface area contributed by atoms with Crippen molar-refractivity contribution in [2.75, 3.05) is 6.54 Å². The molecule has 0 bridgehead atoms. The van der Waals surface area contributed by atoms with E-state index in [2.05, 4.69) is 26.0 Å². The molecule has 2 amide bonds. The number of rotatable bonds is 6. The third kappa shape index (κ3) is 4.30. The van der Waals surface area contributed by atoms with Crippen LogP contribution >= 0.6 is 0 Å². The van der Waals surface area contributed by atoms with Crippen LogP contribution in [0.1, 0.15) is 16.2 Å². The van der Waals surface area contributed by atoms with Crippen LogP contribution in [0.2, 0.25) is 0 Å². The quantitative estimate of drug-likeness (QED) is 0.640. The van der Waals surface area contributed by atoms with Crippen LogP contribution in [0.5, 0.6) is 0 Å². The first-order valence-corrected chi connectivity index (χ1v) is 6.18. The Hall–Kier alpha value is -2.91. The summed E-state index contributed by atoms with van der Waals surface area (Å²) in [6.45, 7) is 0.965. The smallest absolute Gasteiger partial charge is 0.358 e. The number of urea groups is 1. The highest BCUT2D eigenvalue weighted by Gasteiger charge is 2.08. The largest absolute Gasteiger partial charge is 0.476 e. The molecule has 10 nitrogen and oxygen atoms in total. The lowest BCUT2D eigenvalue weighted by Crippen LogP contribution is -2.37. The highest BCUT2D eigenvalue weighted by atomic mass is 16.4. The lowest BCUT2D eigenvalue weighted by Gasteiger charge is -2.06. The Balaban J connectivity index is 1.67. The van der Waals surface area contributed by atoms with Crippen molar-refractivity contribution >= 4 is 12.0 Å². The molecule has 0 aliphatic carbocycles. The van der Waals surface area contributed by atoms with Gasteiger partial charge in [0.05, 0.1) is 25.0 Å². The number of carboxylic acids is 1. The van der Waals surface area contributed by atoms with Crippen molar-refractivity contribution in [3.8, 4) is 0 Å². The number of nitrogens with one attached hydrogen (secondary N) is 2.